The van der Waals surface area contributed by atoms with Crippen molar-refractivity contribution in [2.45, 2.75) is 11.8 Å². The summed E-state index contributed by atoms with van der Waals surface area (Å²) in [6, 6.07) is 5.66. The monoisotopic (exact) mass is 284 g/mol. The van der Waals surface area contributed by atoms with Crippen LogP contribution < -0.4 is 4.72 Å². The van der Waals surface area contributed by atoms with Gasteiger partial charge in [-0.1, -0.05) is 0 Å². The molecule has 0 unspecified atom stereocenters. The van der Waals surface area contributed by atoms with Crippen molar-refractivity contribution in [3.63, 3.8) is 0 Å². The smallest absolute Gasteiger partial charge is 0.261 e. The minimum absolute atomic E-state index is 0.126. The summed E-state index contributed by atoms with van der Waals surface area (Å²) in [4.78, 5) is 3.47. The molecule has 0 aliphatic carbocycles. The minimum atomic E-state index is -4.00. The first-order chi connectivity index (χ1) is 8.90. The van der Waals surface area contributed by atoms with Gasteiger partial charge in [-0.25, -0.2) is 22.2 Å². The van der Waals surface area contributed by atoms with Gasteiger partial charge in [-0.2, -0.15) is 0 Å². The number of nitrogens with zero attached hydrogens (tertiary/aromatic N) is 1. The molecule has 2 rings (SSSR count). The van der Waals surface area contributed by atoms with Gasteiger partial charge in [0.1, 0.15) is 5.82 Å². The number of sulfonamides is 1. The summed E-state index contributed by atoms with van der Waals surface area (Å²) in [7, 11) is -4.00. The van der Waals surface area contributed by atoms with Gasteiger partial charge in [-0.15, -0.1) is 0 Å². The fourth-order valence-corrected chi connectivity index (χ4v) is 2.80. The van der Waals surface area contributed by atoms with Gasteiger partial charge >= 0.3 is 0 Å². The zero-order valence-corrected chi connectivity index (χ0v) is 10.7. The summed E-state index contributed by atoms with van der Waals surface area (Å²) in [6.07, 6.45) is 1.26. The first-order valence-corrected chi connectivity index (χ1v) is 6.78. The second-order valence-corrected chi connectivity index (χ2v) is 5.50. The lowest BCUT2D eigenvalue weighted by molar-refractivity contribution is 0.595. The second-order valence-electron chi connectivity index (χ2n) is 3.85. The topological polar surface area (TPSA) is 59.1 Å². The number of hydrogen-bond donors (Lipinski definition) is 1. The van der Waals surface area contributed by atoms with E-state index in [0.29, 0.717) is 0 Å². The zero-order chi connectivity index (χ0) is 14.0. The van der Waals surface area contributed by atoms with Crippen LogP contribution in [0.25, 0.3) is 0 Å². The van der Waals surface area contributed by atoms with Crippen LogP contribution in [0.3, 0.4) is 0 Å². The molecule has 0 amide bonds. The minimum Gasteiger partial charge on any atom is -0.261 e. The highest BCUT2D eigenvalue weighted by Gasteiger charge is 2.19. The van der Waals surface area contributed by atoms with Crippen molar-refractivity contribution in [3.8, 4) is 0 Å². The maximum absolute atomic E-state index is 13.4. The standard InChI is InChI=1S/C12H10F2N2O2S/c1-8-7-9(13)4-5-11(8)19(17,18)16-12-10(14)3-2-6-15-12/h2-7H,1H3,(H,15,16). The predicted molar refractivity (Wildman–Crippen MR) is 66.1 cm³/mol. The Balaban J connectivity index is 2.41. The third-order valence-corrected chi connectivity index (χ3v) is 3.92. The first kappa shape index (κ1) is 13.4. The van der Waals surface area contributed by atoms with E-state index in [1.807, 2.05) is 4.72 Å². The lowest BCUT2D eigenvalue weighted by Gasteiger charge is -2.10. The molecule has 0 spiro atoms. The van der Waals surface area contributed by atoms with E-state index < -0.39 is 27.5 Å². The molecule has 1 N–H and O–H groups in total. The number of rotatable bonds is 3. The van der Waals surface area contributed by atoms with Crippen LogP contribution >= 0.6 is 0 Å². The molecule has 0 aliphatic rings. The van der Waals surface area contributed by atoms with E-state index in [1.165, 1.54) is 19.2 Å². The maximum Gasteiger partial charge on any atom is 0.263 e. The Kier molecular flexibility index (Phi) is 3.48. The number of aromatic nitrogens is 1. The van der Waals surface area contributed by atoms with Crippen molar-refractivity contribution in [2.24, 2.45) is 0 Å². The van der Waals surface area contributed by atoms with Crippen molar-refractivity contribution in [2.75, 3.05) is 4.72 Å². The zero-order valence-electron chi connectivity index (χ0n) is 9.89. The van der Waals surface area contributed by atoms with Crippen LogP contribution in [0.1, 0.15) is 5.56 Å². The Morgan fingerprint density at radius 3 is 2.58 bits per heavy atom. The molecule has 7 heteroatoms. The molecule has 0 saturated heterocycles. The lowest BCUT2D eigenvalue weighted by Crippen LogP contribution is -2.16. The summed E-state index contributed by atoms with van der Waals surface area (Å²) in [6.45, 7) is 1.45. The summed E-state index contributed by atoms with van der Waals surface area (Å²) in [5.74, 6) is -1.72. The number of nitrogens with one attached hydrogen (secondary N) is 1. The van der Waals surface area contributed by atoms with E-state index in [2.05, 4.69) is 4.98 Å². The Labute approximate surface area is 109 Å². The molecule has 2 aromatic rings. The quantitative estimate of drug-likeness (QED) is 0.942. The number of pyridine rings is 1. The third kappa shape index (κ3) is 2.87. The highest BCUT2D eigenvalue weighted by atomic mass is 32.2. The van der Waals surface area contributed by atoms with Crippen LogP contribution in [0, 0.1) is 18.6 Å². The lowest BCUT2D eigenvalue weighted by atomic mass is 10.2. The highest BCUT2D eigenvalue weighted by molar-refractivity contribution is 7.92. The molecule has 4 nitrogen and oxygen atoms in total. The Hall–Kier alpha value is -2.02. The first-order valence-electron chi connectivity index (χ1n) is 5.29. The molecule has 0 saturated carbocycles. The van der Waals surface area contributed by atoms with E-state index in [-0.39, 0.29) is 10.5 Å². The van der Waals surface area contributed by atoms with Gasteiger partial charge in [0.2, 0.25) is 0 Å². The molecule has 0 fully saturated rings. The normalized spacial score (nSPS) is 11.3. The Bertz CT molecular complexity index is 717. The van der Waals surface area contributed by atoms with Gasteiger partial charge in [0.05, 0.1) is 4.90 Å². The molecule has 0 aliphatic heterocycles. The van der Waals surface area contributed by atoms with E-state index in [0.717, 1.165) is 24.3 Å². The number of anilines is 1. The molecule has 19 heavy (non-hydrogen) atoms. The molecule has 100 valence electrons. The highest BCUT2D eigenvalue weighted by Crippen LogP contribution is 2.20. The van der Waals surface area contributed by atoms with E-state index in [4.69, 9.17) is 0 Å². The van der Waals surface area contributed by atoms with Gasteiger partial charge < -0.3 is 0 Å². The van der Waals surface area contributed by atoms with Crippen molar-refractivity contribution < 1.29 is 17.2 Å². The van der Waals surface area contributed by atoms with Crippen molar-refractivity contribution >= 4 is 15.8 Å². The van der Waals surface area contributed by atoms with E-state index in [9.17, 15) is 17.2 Å². The average Bonchev–Trinajstić information content (AvgIpc) is 2.31. The van der Waals surface area contributed by atoms with Gasteiger partial charge in [0, 0.05) is 6.20 Å². The van der Waals surface area contributed by atoms with Gasteiger partial charge in [-0.05, 0) is 42.8 Å². The molecule has 0 radical (unpaired) electrons. The molecule has 1 heterocycles. The van der Waals surface area contributed by atoms with Gasteiger partial charge in [0.25, 0.3) is 10.0 Å². The summed E-state index contributed by atoms with van der Waals surface area (Å²) >= 11 is 0. The Morgan fingerprint density at radius 1 is 1.21 bits per heavy atom. The number of aryl methyl sites for hydroxylation is 1. The fourth-order valence-electron chi connectivity index (χ4n) is 1.56. The number of hydrogen-bond acceptors (Lipinski definition) is 3. The molecule has 1 aromatic carbocycles. The number of benzene rings is 1. The fraction of sp³-hybridized carbons (Fsp3) is 0.0833. The van der Waals surface area contributed by atoms with Crippen molar-refractivity contribution in [1.82, 2.24) is 4.98 Å². The largest absolute Gasteiger partial charge is 0.263 e. The van der Waals surface area contributed by atoms with Crippen LogP contribution in [0.2, 0.25) is 0 Å². The number of halogens is 2. The predicted octanol–water partition coefficient (Wildman–Crippen LogP) is 2.47. The van der Waals surface area contributed by atoms with E-state index in [1.54, 1.807) is 0 Å². The third-order valence-electron chi connectivity index (χ3n) is 2.42. The molecule has 0 atom stereocenters. The second kappa shape index (κ2) is 4.93. The molecular formula is C12H10F2N2O2S. The molecule has 1 aromatic heterocycles. The molecule has 0 bridgehead atoms. The van der Waals surface area contributed by atoms with Crippen molar-refractivity contribution in [1.29, 1.82) is 0 Å². The maximum atomic E-state index is 13.4. The van der Waals surface area contributed by atoms with E-state index >= 15 is 0 Å². The van der Waals surface area contributed by atoms with Crippen LogP contribution in [0.5, 0.6) is 0 Å². The van der Waals surface area contributed by atoms with Gasteiger partial charge in [0.15, 0.2) is 11.6 Å². The van der Waals surface area contributed by atoms with Crippen LogP contribution in [0.15, 0.2) is 41.4 Å². The summed E-state index contributed by atoms with van der Waals surface area (Å²) in [5, 5.41) is 0. The Morgan fingerprint density at radius 2 is 1.95 bits per heavy atom. The summed E-state index contributed by atoms with van der Waals surface area (Å²) in [5.41, 5.74) is 0.226. The van der Waals surface area contributed by atoms with Crippen molar-refractivity contribution in [3.05, 3.63) is 53.7 Å². The molecular weight excluding hydrogens is 274 g/mol. The summed E-state index contributed by atoms with van der Waals surface area (Å²) < 4.78 is 52.4. The van der Waals surface area contributed by atoms with Gasteiger partial charge in [-0.3, -0.25) is 4.72 Å². The SMILES string of the molecule is Cc1cc(F)ccc1S(=O)(=O)Nc1ncccc1F. The van der Waals surface area contributed by atoms with Crippen LogP contribution in [-0.4, -0.2) is 13.4 Å². The average molecular weight is 284 g/mol. The van der Waals surface area contributed by atoms with Crippen LogP contribution in [-0.2, 0) is 10.0 Å². The van der Waals surface area contributed by atoms with Crippen LogP contribution in [0.4, 0.5) is 14.6 Å².